The third-order valence-electron chi connectivity index (χ3n) is 6.06. The molecule has 0 spiro atoms. The van der Waals surface area contributed by atoms with Crippen LogP contribution in [0, 0.1) is 10.1 Å². The Kier molecular flexibility index (Phi) is 6.66. The second-order valence-electron chi connectivity index (χ2n) is 8.81. The van der Waals surface area contributed by atoms with E-state index in [0.29, 0.717) is 38.6 Å². The molecule has 2 aliphatic rings. The number of amides is 1. The first-order chi connectivity index (χ1) is 15.3. The van der Waals surface area contributed by atoms with Crippen LogP contribution in [0.3, 0.4) is 0 Å². The molecule has 1 atom stereocenters. The van der Waals surface area contributed by atoms with E-state index in [1.165, 1.54) is 11.8 Å². The second kappa shape index (κ2) is 9.46. The first kappa shape index (κ1) is 22.5. The van der Waals surface area contributed by atoms with Crippen LogP contribution in [-0.2, 0) is 17.8 Å². The molecular formula is C22H28ClN5O4. The molecule has 1 saturated heterocycles. The Hall–Kier alpha value is -2.65. The fourth-order valence-corrected chi connectivity index (χ4v) is 4.53. The summed E-state index contributed by atoms with van der Waals surface area (Å²) < 4.78 is 7.62. The van der Waals surface area contributed by atoms with E-state index in [2.05, 4.69) is 9.88 Å². The van der Waals surface area contributed by atoms with Crippen LogP contribution in [0.15, 0.2) is 30.5 Å². The number of carbonyl (C=O) groups excluding carboxylic acids is 1. The molecular weight excluding hydrogens is 434 g/mol. The number of nitrogens with zero attached hydrogens (tertiary/aromatic N) is 5. The van der Waals surface area contributed by atoms with Gasteiger partial charge in [0, 0.05) is 49.2 Å². The van der Waals surface area contributed by atoms with Crippen molar-refractivity contribution in [2.45, 2.75) is 44.8 Å². The first-order valence-electron chi connectivity index (χ1n) is 11.0. The van der Waals surface area contributed by atoms with E-state index in [1.54, 1.807) is 4.57 Å². The van der Waals surface area contributed by atoms with Gasteiger partial charge in [-0.25, -0.2) is 0 Å². The van der Waals surface area contributed by atoms with Gasteiger partial charge in [-0.1, -0.05) is 23.7 Å². The molecule has 1 unspecified atom stereocenters. The van der Waals surface area contributed by atoms with Crippen LogP contribution in [0.4, 0.5) is 5.82 Å². The summed E-state index contributed by atoms with van der Waals surface area (Å²) >= 11 is 5.91. The van der Waals surface area contributed by atoms with Crippen LogP contribution < -0.4 is 4.74 Å². The van der Waals surface area contributed by atoms with Crippen molar-refractivity contribution >= 4 is 23.3 Å². The number of rotatable bonds is 8. The van der Waals surface area contributed by atoms with Crippen LogP contribution in [0.2, 0.25) is 5.02 Å². The number of halogens is 1. The van der Waals surface area contributed by atoms with Crippen molar-refractivity contribution in [2.24, 2.45) is 0 Å². The number of unbranched alkanes of at least 4 members (excludes halogenated alkanes) is 1. The normalized spacial score (nSPS) is 20.8. The fourth-order valence-electron chi connectivity index (χ4n) is 4.41. The van der Waals surface area contributed by atoms with Gasteiger partial charge >= 0.3 is 11.8 Å². The number of imidazole rings is 1. The standard InChI is InChI=1S/C22H28ClN5O4/c1-22(16-27-14-19(28(30)31)24-21(27)32-22)15-25-10-12-26(13-11-25)20(29)5-3-2-4-17-6-8-18(23)9-7-17/h6-9,14H,2-5,10-13,15-16H2,1H3. The van der Waals surface area contributed by atoms with E-state index in [-0.39, 0.29) is 11.7 Å². The van der Waals surface area contributed by atoms with Crippen LogP contribution in [0.25, 0.3) is 0 Å². The highest BCUT2D eigenvalue weighted by Gasteiger charge is 2.41. The Bertz CT molecular complexity index is 946. The monoisotopic (exact) mass is 461 g/mol. The van der Waals surface area contributed by atoms with Crippen molar-refractivity contribution in [1.29, 1.82) is 0 Å². The smallest absolute Gasteiger partial charge is 0.415 e. The van der Waals surface area contributed by atoms with E-state index < -0.39 is 10.5 Å². The number of ether oxygens (including phenoxy) is 1. The lowest BCUT2D eigenvalue weighted by atomic mass is 10.1. The number of benzene rings is 1. The lowest BCUT2D eigenvalue weighted by molar-refractivity contribution is -0.389. The predicted octanol–water partition coefficient (Wildman–Crippen LogP) is 3.15. The molecule has 9 nitrogen and oxygen atoms in total. The molecule has 1 amide bonds. The van der Waals surface area contributed by atoms with Gasteiger partial charge in [0.25, 0.3) is 0 Å². The van der Waals surface area contributed by atoms with E-state index >= 15 is 0 Å². The van der Waals surface area contributed by atoms with Crippen molar-refractivity contribution in [1.82, 2.24) is 19.4 Å². The van der Waals surface area contributed by atoms with Gasteiger partial charge in [-0.3, -0.25) is 14.3 Å². The Balaban J connectivity index is 1.16. The summed E-state index contributed by atoms with van der Waals surface area (Å²) in [6, 6.07) is 8.16. The first-order valence-corrected chi connectivity index (χ1v) is 11.3. The third kappa shape index (κ3) is 5.39. The molecule has 2 aliphatic heterocycles. The predicted molar refractivity (Wildman–Crippen MR) is 120 cm³/mol. The summed E-state index contributed by atoms with van der Waals surface area (Å²) in [7, 11) is 0. The quantitative estimate of drug-likeness (QED) is 0.340. The summed E-state index contributed by atoms with van der Waals surface area (Å²) in [5.41, 5.74) is 0.764. The van der Waals surface area contributed by atoms with E-state index in [0.717, 1.165) is 37.4 Å². The van der Waals surface area contributed by atoms with Gasteiger partial charge in [-0.05, 0) is 48.8 Å². The van der Waals surface area contributed by atoms with E-state index in [4.69, 9.17) is 16.3 Å². The number of aryl methyl sites for hydroxylation is 1. The second-order valence-corrected chi connectivity index (χ2v) is 9.25. The number of nitro groups is 1. The maximum absolute atomic E-state index is 12.6. The van der Waals surface area contributed by atoms with Gasteiger partial charge in [0.1, 0.15) is 11.8 Å². The molecule has 3 heterocycles. The Morgan fingerprint density at radius 1 is 1.22 bits per heavy atom. The van der Waals surface area contributed by atoms with Gasteiger partial charge in [0.05, 0.1) is 6.54 Å². The molecule has 0 aliphatic carbocycles. The van der Waals surface area contributed by atoms with Gasteiger partial charge < -0.3 is 19.8 Å². The van der Waals surface area contributed by atoms with Crippen LogP contribution >= 0.6 is 11.6 Å². The number of piperazine rings is 1. The summed E-state index contributed by atoms with van der Waals surface area (Å²) in [5, 5.41) is 11.6. The van der Waals surface area contributed by atoms with Crippen molar-refractivity contribution in [2.75, 3.05) is 32.7 Å². The van der Waals surface area contributed by atoms with E-state index in [9.17, 15) is 14.9 Å². The Morgan fingerprint density at radius 3 is 2.59 bits per heavy atom. The highest BCUT2D eigenvalue weighted by molar-refractivity contribution is 6.30. The van der Waals surface area contributed by atoms with Crippen LogP contribution in [-0.4, -0.2) is 68.5 Å². The summed E-state index contributed by atoms with van der Waals surface area (Å²) in [4.78, 5) is 31.1. The topological polar surface area (TPSA) is 93.7 Å². The summed E-state index contributed by atoms with van der Waals surface area (Å²) in [6.07, 6.45) is 4.82. The molecule has 0 bridgehead atoms. The molecule has 2 aromatic rings. The van der Waals surface area contributed by atoms with Crippen molar-refractivity contribution < 1.29 is 14.5 Å². The Morgan fingerprint density at radius 2 is 1.94 bits per heavy atom. The number of fused-ring (bicyclic) bond motifs is 1. The lowest BCUT2D eigenvalue weighted by Crippen LogP contribution is -2.53. The molecule has 4 rings (SSSR count). The molecule has 0 radical (unpaired) electrons. The van der Waals surface area contributed by atoms with Gasteiger partial charge in [-0.2, -0.15) is 0 Å². The number of aromatic nitrogens is 2. The van der Waals surface area contributed by atoms with Gasteiger partial charge in [-0.15, -0.1) is 0 Å². The number of carbonyl (C=O) groups is 1. The highest BCUT2D eigenvalue weighted by atomic mass is 35.5. The molecule has 1 aromatic carbocycles. The molecule has 32 heavy (non-hydrogen) atoms. The van der Waals surface area contributed by atoms with Crippen molar-refractivity contribution in [3.8, 4) is 6.01 Å². The lowest BCUT2D eigenvalue weighted by Gasteiger charge is -2.38. The van der Waals surface area contributed by atoms with Crippen molar-refractivity contribution in [3.05, 3.63) is 51.2 Å². The average Bonchev–Trinajstić information content (AvgIpc) is 3.28. The zero-order valence-corrected chi connectivity index (χ0v) is 19.0. The molecule has 1 fully saturated rings. The third-order valence-corrected chi connectivity index (χ3v) is 6.31. The van der Waals surface area contributed by atoms with E-state index in [1.807, 2.05) is 36.1 Å². The molecule has 10 heteroatoms. The molecule has 1 aromatic heterocycles. The average molecular weight is 462 g/mol. The maximum atomic E-state index is 12.6. The zero-order chi connectivity index (χ0) is 22.7. The summed E-state index contributed by atoms with van der Waals surface area (Å²) in [5.74, 6) is 0.0267. The van der Waals surface area contributed by atoms with Crippen LogP contribution in [0.5, 0.6) is 6.01 Å². The van der Waals surface area contributed by atoms with Crippen LogP contribution in [0.1, 0.15) is 31.7 Å². The highest BCUT2D eigenvalue weighted by Crippen LogP contribution is 2.31. The number of hydrogen-bond acceptors (Lipinski definition) is 6. The minimum Gasteiger partial charge on any atom is -0.436 e. The fraction of sp³-hybridized carbons (Fsp3) is 0.545. The maximum Gasteiger partial charge on any atom is 0.415 e. The molecule has 172 valence electrons. The summed E-state index contributed by atoms with van der Waals surface area (Å²) in [6.45, 7) is 6.20. The largest absolute Gasteiger partial charge is 0.436 e. The minimum absolute atomic E-state index is 0.192. The Labute approximate surface area is 192 Å². The van der Waals surface area contributed by atoms with Gasteiger partial charge in [0.2, 0.25) is 5.91 Å². The molecule has 0 N–H and O–H groups in total. The zero-order valence-electron chi connectivity index (χ0n) is 18.2. The van der Waals surface area contributed by atoms with Crippen molar-refractivity contribution in [3.63, 3.8) is 0 Å². The molecule has 0 saturated carbocycles. The number of hydrogen-bond donors (Lipinski definition) is 0. The minimum atomic E-state index is -0.514. The SMILES string of the molecule is CC1(CN2CCN(C(=O)CCCCc3ccc(Cl)cc3)CC2)Cn2cc([N+](=O)[O-])nc2O1. The van der Waals surface area contributed by atoms with Gasteiger partial charge in [0.15, 0.2) is 0 Å².